The Morgan fingerprint density at radius 3 is 2.32 bits per heavy atom. The molecule has 2 rings (SSSR count). The lowest BCUT2D eigenvalue weighted by molar-refractivity contribution is -0.128. The quantitative estimate of drug-likeness (QED) is 0.690. The SMILES string of the molecule is CC(C)(C)OC(=O)N1CC2(CCN(C(=O)CCl)C2)C1. The summed E-state index contributed by atoms with van der Waals surface area (Å²) in [6, 6.07) is 0. The number of nitrogens with zero attached hydrogens (tertiary/aromatic N) is 2. The minimum absolute atomic E-state index is 0.0192. The number of carbonyl (C=O) groups is 2. The van der Waals surface area contributed by atoms with Gasteiger partial charge in [-0.05, 0) is 27.2 Å². The van der Waals surface area contributed by atoms with Crippen LogP contribution < -0.4 is 0 Å². The van der Waals surface area contributed by atoms with Gasteiger partial charge in [0, 0.05) is 31.6 Å². The number of rotatable bonds is 1. The monoisotopic (exact) mass is 288 g/mol. The third kappa shape index (κ3) is 3.14. The largest absolute Gasteiger partial charge is 0.444 e. The molecule has 2 aliphatic rings. The molecule has 2 heterocycles. The summed E-state index contributed by atoms with van der Waals surface area (Å²) in [7, 11) is 0. The Balaban J connectivity index is 1.83. The summed E-state index contributed by atoms with van der Waals surface area (Å²) < 4.78 is 5.33. The number of hydrogen-bond acceptors (Lipinski definition) is 3. The van der Waals surface area contributed by atoms with Crippen molar-refractivity contribution in [3.05, 3.63) is 0 Å². The van der Waals surface area contributed by atoms with Crippen LogP contribution in [-0.2, 0) is 9.53 Å². The van der Waals surface area contributed by atoms with E-state index in [0.29, 0.717) is 19.6 Å². The average molecular weight is 289 g/mol. The summed E-state index contributed by atoms with van der Waals surface area (Å²) in [5, 5.41) is 0. The molecule has 0 atom stereocenters. The lowest BCUT2D eigenvalue weighted by Crippen LogP contribution is -2.60. The van der Waals surface area contributed by atoms with E-state index in [1.807, 2.05) is 20.8 Å². The summed E-state index contributed by atoms with van der Waals surface area (Å²) in [6.45, 7) is 8.37. The van der Waals surface area contributed by atoms with Crippen LogP contribution in [0.15, 0.2) is 0 Å². The van der Waals surface area contributed by atoms with Crippen LogP contribution in [-0.4, -0.2) is 59.5 Å². The molecule has 0 aliphatic carbocycles. The molecular formula is C13H21ClN2O3. The van der Waals surface area contributed by atoms with Crippen LogP contribution in [0.2, 0.25) is 0 Å². The van der Waals surface area contributed by atoms with Crippen LogP contribution in [0.1, 0.15) is 27.2 Å². The summed E-state index contributed by atoms with van der Waals surface area (Å²) in [4.78, 5) is 26.9. The minimum atomic E-state index is -0.462. The number of carbonyl (C=O) groups excluding carboxylic acids is 2. The van der Waals surface area contributed by atoms with Crippen molar-refractivity contribution in [3.63, 3.8) is 0 Å². The molecule has 0 saturated carbocycles. The molecule has 2 fully saturated rings. The molecule has 6 heteroatoms. The highest BCUT2D eigenvalue weighted by molar-refractivity contribution is 6.27. The van der Waals surface area contributed by atoms with Gasteiger partial charge in [0.2, 0.25) is 5.91 Å². The maximum absolute atomic E-state index is 11.9. The highest BCUT2D eigenvalue weighted by atomic mass is 35.5. The van der Waals surface area contributed by atoms with Gasteiger partial charge in [-0.1, -0.05) is 0 Å². The first-order valence-corrected chi connectivity index (χ1v) is 7.10. The van der Waals surface area contributed by atoms with Gasteiger partial charge in [0.25, 0.3) is 0 Å². The van der Waals surface area contributed by atoms with Crippen LogP contribution >= 0.6 is 11.6 Å². The number of amides is 2. The number of halogens is 1. The number of alkyl halides is 1. The van der Waals surface area contributed by atoms with Crippen molar-refractivity contribution in [1.29, 1.82) is 0 Å². The Hall–Kier alpha value is -0.970. The second-order valence-corrected chi connectivity index (χ2v) is 6.80. The Morgan fingerprint density at radius 2 is 1.79 bits per heavy atom. The van der Waals surface area contributed by atoms with Crippen LogP contribution in [0.25, 0.3) is 0 Å². The van der Waals surface area contributed by atoms with Crippen molar-refractivity contribution in [3.8, 4) is 0 Å². The first kappa shape index (κ1) is 14.4. The molecule has 2 aliphatic heterocycles. The van der Waals surface area contributed by atoms with E-state index in [1.54, 1.807) is 9.80 Å². The molecule has 2 amide bonds. The van der Waals surface area contributed by atoms with E-state index in [1.165, 1.54) is 0 Å². The van der Waals surface area contributed by atoms with Gasteiger partial charge in [-0.25, -0.2) is 4.79 Å². The van der Waals surface area contributed by atoms with Gasteiger partial charge in [-0.3, -0.25) is 4.79 Å². The fourth-order valence-electron chi connectivity index (χ4n) is 2.71. The van der Waals surface area contributed by atoms with Gasteiger partial charge >= 0.3 is 6.09 Å². The zero-order valence-electron chi connectivity index (χ0n) is 11.7. The molecule has 108 valence electrons. The second-order valence-electron chi connectivity index (χ2n) is 6.54. The maximum Gasteiger partial charge on any atom is 0.410 e. The third-order valence-corrected chi connectivity index (χ3v) is 3.84. The van der Waals surface area contributed by atoms with Crippen molar-refractivity contribution in [2.75, 3.05) is 32.1 Å². The predicted molar refractivity (Wildman–Crippen MR) is 72.2 cm³/mol. The summed E-state index contributed by atoms with van der Waals surface area (Å²) in [6.07, 6.45) is 0.676. The fourth-order valence-corrected chi connectivity index (χ4v) is 2.88. The Kier molecular flexibility index (Phi) is 3.69. The molecule has 0 unspecified atom stereocenters. The van der Waals surface area contributed by atoms with Crippen LogP contribution in [0.3, 0.4) is 0 Å². The summed E-state index contributed by atoms with van der Waals surface area (Å²) in [5.41, 5.74) is -0.394. The molecular weight excluding hydrogens is 268 g/mol. The molecule has 19 heavy (non-hydrogen) atoms. The van der Waals surface area contributed by atoms with Crippen molar-refractivity contribution in [2.45, 2.75) is 32.8 Å². The first-order chi connectivity index (χ1) is 8.75. The lowest BCUT2D eigenvalue weighted by atomic mass is 9.79. The Bertz CT molecular complexity index is 386. The topological polar surface area (TPSA) is 49.9 Å². The van der Waals surface area contributed by atoms with E-state index < -0.39 is 5.60 Å². The van der Waals surface area contributed by atoms with E-state index in [9.17, 15) is 9.59 Å². The van der Waals surface area contributed by atoms with Gasteiger partial charge in [0.1, 0.15) is 11.5 Å². The standard InChI is InChI=1S/C13H21ClN2O3/c1-12(2,3)19-11(18)16-8-13(9-16)4-5-15(7-13)10(17)6-14/h4-9H2,1-3H3. The van der Waals surface area contributed by atoms with Gasteiger partial charge in [0.15, 0.2) is 0 Å². The van der Waals surface area contributed by atoms with E-state index in [4.69, 9.17) is 16.3 Å². The molecule has 0 aromatic carbocycles. The average Bonchev–Trinajstić information content (AvgIpc) is 2.68. The Morgan fingerprint density at radius 1 is 1.21 bits per heavy atom. The molecule has 5 nitrogen and oxygen atoms in total. The minimum Gasteiger partial charge on any atom is -0.444 e. The Labute approximate surface area is 118 Å². The van der Waals surface area contributed by atoms with E-state index in [2.05, 4.69) is 0 Å². The van der Waals surface area contributed by atoms with Gasteiger partial charge in [0.05, 0.1) is 0 Å². The number of hydrogen-bond donors (Lipinski definition) is 0. The second kappa shape index (κ2) is 4.85. The van der Waals surface area contributed by atoms with Crippen molar-refractivity contribution in [2.24, 2.45) is 5.41 Å². The van der Waals surface area contributed by atoms with Gasteiger partial charge in [-0.15, -0.1) is 11.6 Å². The van der Waals surface area contributed by atoms with Gasteiger partial charge < -0.3 is 14.5 Å². The van der Waals surface area contributed by atoms with Crippen molar-refractivity contribution < 1.29 is 14.3 Å². The molecule has 2 saturated heterocycles. The molecule has 0 aromatic rings. The van der Waals surface area contributed by atoms with E-state index >= 15 is 0 Å². The summed E-state index contributed by atoms with van der Waals surface area (Å²) in [5.74, 6) is 0.0144. The number of likely N-dealkylation sites (tertiary alicyclic amines) is 2. The zero-order valence-corrected chi connectivity index (χ0v) is 12.5. The van der Waals surface area contributed by atoms with E-state index in [0.717, 1.165) is 13.0 Å². The molecule has 0 aromatic heterocycles. The number of ether oxygens (including phenoxy) is 1. The molecule has 0 radical (unpaired) electrons. The first-order valence-electron chi connectivity index (χ1n) is 6.56. The molecule has 0 bridgehead atoms. The smallest absolute Gasteiger partial charge is 0.410 e. The van der Waals surface area contributed by atoms with Crippen LogP contribution in [0.5, 0.6) is 0 Å². The highest BCUT2D eigenvalue weighted by Crippen LogP contribution is 2.40. The third-order valence-electron chi connectivity index (χ3n) is 3.61. The predicted octanol–water partition coefficient (Wildman–Crippen LogP) is 1.69. The maximum atomic E-state index is 11.9. The highest BCUT2D eigenvalue weighted by Gasteiger charge is 2.50. The van der Waals surface area contributed by atoms with Crippen LogP contribution in [0.4, 0.5) is 4.79 Å². The molecule has 1 spiro atoms. The normalized spacial score (nSPS) is 21.5. The van der Waals surface area contributed by atoms with E-state index in [-0.39, 0.29) is 23.3 Å². The van der Waals surface area contributed by atoms with Crippen LogP contribution in [0, 0.1) is 5.41 Å². The van der Waals surface area contributed by atoms with Gasteiger partial charge in [-0.2, -0.15) is 0 Å². The van der Waals surface area contributed by atoms with Crippen molar-refractivity contribution in [1.82, 2.24) is 9.80 Å². The lowest BCUT2D eigenvalue weighted by Gasteiger charge is -2.47. The van der Waals surface area contributed by atoms with Crippen molar-refractivity contribution >= 4 is 23.6 Å². The summed E-state index contributed by atoms with van der Waals surface area (Å²) >= 11 is 5.56. The zero-order chi connectivity index (χ0) is 14.3. The fraction of sp³-hybridized carbons (Fsp3) is 0.846. The molecule has 0 N–H and O–H groups in total.